The van der Waals surface area contributed by atoms with Gasteiger partial charge < -0.3 is 15.7 Å². The molecule has 1 aliphatic carbocycles. The van der Waals surface area contributed by atoms with Crippen LogP contribution in [0.15, 0.2) is 0 Å². The second-order valence-corrected chi connectivity index (χ2v) is 6.05. The van der Waals surface area contributed by atoms with Gasteiger partial charge >= 0.3 is 6.18 Å². The molecule has 11 heteroatoms. The van der Waals surface area contributed by atoms with Gasteiger partial charge in [-0.2, -0.15) is 28.1 Å². The van der Waals surface area contributed by atoms with E-state index in [-0.39, 0.29) is 18.4 Å². The monoisotopic (exact) mass is 379 g/mol. The van der Waals surface area contributed by atoms with Crippen molar-refractivity contribution in [2.24, 2.45) is 5.41 Å². The highest BCUT2D eigenvalue weighted by Gasteiger charge is 2.40. The number of halogens is 5. The Bertz CT molecular complexity index is 679. The number of aromatic nitrogens is 3. The summed E-state index contributed by atoms with van der Waals surface area (Å²) in [7, 11) is 0. The van der Waals surface area contributed by atoms with Crippen LogP contribution in [-0.2, 0) is 0 Å². The number of hydrogen-bond acceptors (Lipinski definition) is 6. The minimum absolute atomic E-state index is 0.155. The third-order valence-corrected chi connectivity index (χ3v) is 3.77. The highest BCUT2D eigenvalue weighted by molar-refractivity contribution is 5.40. The van der Waals surface area contributed by atoms with Crippen LogP contribution in [0.4, 0.5) is 33.8 Å². The third-order valence-electron chi connectivity index (χ3n) is 3.77. The second-order valence-electron chi connectivity index (χ2n) is 6.05. The van der Waals surface area contributed by atoms with Crippen molar-refractivity contribution in [2.75, 3.05) is 30.6 Å². The number of aliphatic hydroxyl groups excluding tert-OH is 1. The van der Waals surface area contributed by atoms with Crippen molar-refractivity contribution in [1.29, 1.82) is 0 Å². The molecule has 0 bridgehead atoms. The van der Waals surface area contributed by atoms with E-state index in [2.05, 4.69) is 37.4 Å². The second kappa shape index (κ2) is 7.99. The molecular weight excluding hydrogens is 361 g/mol. The zero-order valence-corrected chi connectivity index (χ0v) is 13.9. The van der Waals surface area contributed by atoms with Crippen LogP contribution in [0.25, 0.3) is 0 Å². The maximum absolute atomic E-state index is 12.7. The lowest BCUT2D eigenvalue weighted by atomic mass is 10.1. The molecule has 0 saturated heterocycles. The molecule has 2 rings (SSSR count). The number of anilines is 2. The summed E-state index contributed by atoms with van der Waals surface area (Å²) >= 11 is 0. The largest absolute Gasteiger partial charge is 0.408 e. The molecule has 1 heterocycles. The lowest BCUT2D eigenvalue weighted by Crippen LogP contribution is -2.34. The predicted molar refractivity (Wildman–Crippen MR) is 84.0 cm³/mol. The van der Waals surface area contributed by atoms with Crippen LogP contribution in [-0.4, -0.2) is 58.3 Å². The van der Waals surface area contributed by atoms with E-state index in [1.807, 2.05) is 0 Å². The number of alkyl halides is 5. The standard InChI is InChI=1S/C15H18F5N5O/c1-9(15(18,19)20)21-12-23-11(2-3-14(8-26)4-5-14)24-13(25-12)22-10(6-16)7-17/h9-10,26H,4-8H2,1H3,(H2,21,22,23,24,25). The fourth-order valence-corrected chi connectivity index (χ4v) is 1.80. The smallest absolute Gasteiger partial charge is 0.395 e. The molecule has 1 aromatic rings. The summed E-state index contributed by atoms with van der Waals surface area (Å²) in [5.41, 5.74) is -0.548. The van der Waals surface area contributed by atoms with Gasteiger partial charge in [-0.15, -0.1) is 0 Å². The molecule has 1 fully saturated rings. The van der Waals surface area contributed by atoms with E-state index in [9.17, 15) is 27.1 Å². The first-order valence-electron chi connectivity index (χ1n) is 7.83. The highest BCUT2D eigenvalue weighted by Crippen LogP contribution is 2.44. The molecule has 0 aromatic carbocycles. The van der Waals surface area contributed by atoms with Crippen molar-refractivity contribution < 1.29 is 27.1 Å². The summed E-state index contributed by atoms with van der Waals surface area (Å²) < 4.78 is 63.5. The van der Waals surface area contributed by atoms with Gasteiger partial charge in [0.2, 0.25) is 17.7 Å². The Morgan fingerprint density at radius 3 is 2.15 bits per heavy atom. The molecule has 1 unspecified atom stereocenters. The van der Waals surface area contributed by atoms with E-state index in [1.54, 1.807) is 0 Å². The molecule has 1 aromatic heterocycles. The normalized spacial score (nSPS) is 16.6. The Labute approximate surface area is 146 Å². The minimum Gasteiger partial charge on any atom is -0.395 e. The van der Waals surface area contributed by atoms with Crippen molar-refractivity contribution in [2.45, 2.75) is 38.0 Å². The fourth-order valence-electron chi connectivity index (χ4n) is 1.80. The van der Waals surface area contributed by atoms with Crippen LogP contribution < -0.4 is 10.6 Å². The van der Waals surface area contributed by atoms with E-state index in [4.69, 9.17) is 0 Å². The van der Waals surface area contributed by atoms with Gasteiger partial charge in [0.05, 0.1) is 18.1 Å². The first-order chi connectivity index (χ1) is 12.2. The van der Waals surface area contributed by atoms with Crippen LogP contribution in [0.2, 0.25) is 0 Å². The molecule has 0 aliphatic heterocycles. The molecule has 1 saturated carbocycles. The number of nitrogens with zero attached hydrogens (tertiary/aromatic N) is 3. The molecule has 3 N–H and O–H groups in total. The van der Waals surface area contributed by atoms with Crippen molar-refractivity contribution in [3.63, 3.8) is 0 Å². The Hall–Kier alpha value is -2.22. The van der Waals surface area contributed by atoms with Crippen molar-refractivity contribution in [3.05, 3.63) is 5.82 Å². The molecule has 0 radical (unpaired) electrons. The number of hydrogen-bond donors (Lipinski definition) is 3. The van der Waals surface area contributed by atoms with Gasteiger partial charge in [-0.1, -0.05) is 5.92 Å². The van der Waals surface area contributed by atoms with Crippen molar-refractivity contribution >= 4 is 11.9 Å². The van der Waals surface area contributed by atoms with Crippen LogP contribution in [0, 0.1) is 17.3 Å². The Balaban J connectivity index is 2.29. The maximum atomic E-state index is 12.7. The summed E-state index contributed by atoms with van der Waals surface area (Å²) in [6.07, 6.45) is -3.16. The van der Waals surface area contributed by atoms with E-state index < -0.39 is 43.0 Å². The summed E-state index contributed by atoms with van der Waals surface area (Å²) in [4.78, 5) is 11.4. The summed E-state index contributed by atoms with van der Waals surface area (Å²) in [5.74, 6) is 4.46. The average Bonchev–Trinajstić information content (AvgIpc) is 3.37. The van der Waals surface area contributed by atoms with Gasteiger partial charge in [0.1, 0.15) is 19.4 Å². The van der Waals surface area contributed by atoms with E-state index in [0.717, 1.165) is 6.92 Å². The van der Waals surface area contributed by atoms with E-state index in [1.165, 1.54) is 0 Å². The van der Waals surface area contributed by atoms with E-state index >= 15 is 0 Å². The summed E-state index contributed by atoms with van der Waals surface area (Å²) in [6.45, 7) is -1.39. The fraction of sp³-hybridized carbons (Fsp3) is 0.667. The quantitative estimate of drug-likeness (QED) is 0.497. The molecular formula is C15H18F5N5O. The van der Waals surface area contributed by atoms with Gasteiger partial charge in [0.15, 0.2) is 0 Å². The van der Waals surface area contributed by atoms with Gasteiger partial charge in [0.25, 0.3) is 0 Å². The number of aliphatic hydroxyl groups is 1. The van der Waals surface area contributed by atoms with E-state index in [0.29, 0.717) is 12.8 Å². The molecule has 6 nitrogen and oxygen atoms in total. The van der Waals surface area contributed by atoms with Crippen LogP contribution >= 0.6 is 0 Å². The SMILES string of the molecule is CC(Nc1nc(C#CC2(CO)CC2)nc(NC(CF)CF)n1)C(F)(F)F. The Kier molecular flexibility index (Phi) is 6.17. The molecule has 26 heavy (non-hydrogen) atoms. The minimum atomic E-state index is -4.54. The molecule has 1 aliphatic rings. The van der Waals surface area contributed by atoms with Crippen LogP contribution in [0.5, 0.6) is 0 Å². The maximum Gasteiger partial charge on any atom is 0.408 e. The molecule has 0 amide bonds. The van der Waals surface area contributed by atoms with Gasteiger partial charge in [-0.25, -0.2) is 8.78 Å². The van der Waals surface area contributed by atoms with Crippen LogP contribution in [0.3, 0.4) is 0 Å². The molecule has 144 valence electrons. The van der Waals surface area contributed by atoms with Crippen molar-refractivity contribution in [1.82, 2.24) is 15.0 Å². The molecule has 0 spiro atoms. The third kappa shape index (κ3) is 5.39. The zero-order valence-electron chi connectivity index (χ0n) is 13.9. The average molecular weight is 379 g/mol. The van der Waals surface area contributed by atoms with Gasteiger partial charge in [-0.3, -0.25) is 0 Å². The molecule has 1 atom stereocenters. The zero-order chi connectivity index (χ0) is 19.4. The number of nitrogens with one attached hydrogen (secondary N) is 2. The Morgan fingerprint density at radius 1 is 1.12 bits per heavy atom. The summed E-state index contributed by atoms with van der Waals surface area (Å²) in [5, 5.41) is 13.7. The predicted octanol–water partition coefficient (Wildman–Crippen LogP) is 2.08. The first-order valence-corrected chi connectivity index (χ1v) is 7.83. The van der Waals surface area contributed by atoms with Crippen molar-refractivity contribution in [3.8, 4) is 11.8 Å². The van der Waals surface area contributed by atoms with Crippen LogP contribution in [0.1, 0.15) is 25.6 Å². The topological polar surface area (TPSA) is 83.0 Å². The highest BCUT2D eigenvalue weighted by atomic mass is 19.4. The lowest BCUT2D eigenvalue weighted by molar-refractivity contribution is -0.138. The van der Waals surface area contributed by atoms with Gasteiger partial charge in [0, 0.05) is 0 Å². The Morgan fingerprint density at radius 2 is 1.69 bits per heavy atom. The lowest BCUT2D eigenvalue weighted by Gasteiger charge is -2.18. The number of rotatable bonds is 7. The first kappa shape index (κ1) is 20.1. The summed E-state index contributed by atoms with van der Waals surface area (Å²) in [6, 6.07) is -3.19. The van der Waals surface area contributed by atoms with Gasteiger partial charge in [-0.05, 0) is 25.7 Å².